The molecule has 1 rings (SSSR count). The van der Waals surface area contributed by atoms with Crippen LogP contribution in [0.4, 0.5) is 0 Å². The van der Waals surface area contributed by atoms with Crippen molar-refractivity contribution in [1.29, 1.82) is 0 Å². The van der Waals surface area contributed by atoms with E-state index in [2.05, 4.69) is 10.5 Å². The van der Waals surface area contributed by atoms with Crippen LogP contribution in [0.3, 0.4) is 0 Å². The van der Waals surface area contributed by atoms with Crippen molar-refractivity contribution in [2.24, 2.45) is 5.73 Å². The topological polar surface area (TPSA) is 81.2 Å². The normalized spacial score (nSPS) is 12.5. The Morgan fingerprint density at radius 1 is 1.79 bits per heavy atom. The van der Waals surface area contributed by atoms with E-state index >= 15 is 0 Å². The molecular formula is C9H15N3O2. The molecule has 0 spiro atoms. The Labute approximate surface area is 82.6 Å². The van der Waals surface area contributed by atoms with Crippen molar-refractivity contribution in [2.75, 3.05) is 6.54 Å². The van der Waals surface area contributed by atoms with Gasteiger partial charge in [-0.3, -0.25) is 4.79 Å². The Balaban J connectivity index is 2.40. The van der Waals surface area contributed by atoms with E-state index in [9.17, 15) is 4.79 Å². The van der Waals surface area contributed by atoms with Gasteiger partial charge >= 0.3 is 0 Å². The molecule has 0 aliphatic carbocycles. The zero-order valence-corrected chi connectivity index (χ0v) is 8.41. The van der Waals surface area contributed by atoms with Gasteiger partial charge in [0, 0.05) is 12.6 Å². The molecule has 0 saturated carbocycles. The summed E-state index contributed by atoms with van der Waals surface area (Å²) in [5, 5.41) is 6.26. The molecule has 1 aromatic rings. The molecule has 0 saturated heterocycles. The van der Waals surface area contributed by atoms with Gasteiger partial charge in [-0.05, 0) is 20.3 Å². The molecule has 1 unspecified atom stereocenters. The largest absolute Gasteiger partial charge is 0.361 e. The number of carbonyl (C=O) groups excluding carboxylic acids is 1. The highest BCUT2D eigenvalue weighted by molar-refractivity contribution is 5.94. The molecule has 0 aliphatic rings. The van der Waals surface area contributed by atoms with Crippen LogP contribution in [0.5, 0.6) is 0 Å². The molecule has 0 fully saturated rings. The van der Waals surface area contributed by atoms with Crippen molar-refractivity contribution in [2.45, 2.75) is 26.3 Å². The van der Waals surface area contributed by atoms with Crippen LogP contribution < -0.4 is 11.1 Å². The Morgan fingerprint density at radius 2 is 2.50 bits per heavy atom. The first-order chi connectivity index (χ1) is 6.61. The van der Waals surface area contributed by atoms with Gasteiger partial charge in [-0.25, -0.2) is 0 Å². The zero-order valence-electron chi connectivity index (χ0n) is 8.41. The second-order valence-corrected chi connectivity index (χ2v) is 3.32. The van der Waals surface area contributed by atoms with Crippen LogP contribution in [-0.4, -0.2) is 23.7 Å². The lowest BCUT2D eigenvalue weighted by Gasteiger charge is -2.05. The number of amides is 1. The Bertz CT molecular complexity index is 307. The minimum Gasteiger partial charge on any atom is -0.361 e. The van der Waals surface area contributed by atoms with E-state index in [1.54, 1.807) is 6.92 Å². The maximum Gasteiger partial charge on any atom is 0.256 e. The number of aryl methyl sites for hydroxylation is 1. The third-order valence-corrected chi connectivity index (χ3v) is 1.88. The van der Waals surface area contributed by atoms with Crippen LogP contribution in [0.2, 0.25) is 0 Å². The molecule has 5 nitrogen and oxygen atoms in total. The van der Waals surface area contributed by atoms with E-state index in [0.717, 1.165) is 6.42 Å². The summed E-state index contributed by atoms with van der Waals surface area (Å²) in [6.07, 6.45) is 2.17. The highest BCUT2D eigenvalue weighted by Gasteiger charge is 2.11. The van der Waals surface area contributed by atoms with Gasteiger partial charge in [0.25, 0.3) is 5.91 Å². The monoisotopic (exact) mass is 197 g/mol. The summed E-state index contributed by atoms with van der Waals surface area (Å²) in [6.45, 7) is 4.17. The molecule has 1 heterocycles. The van der Waals surface area contributed by atoms with Crippen LogP contribution in [0.25, 0.3) is 0 Å². The lowest BCUT2D eigenvalue weighted by atomic mass is 10.2. The smallest absolute Gasteiger partial charge is 0.256 e. The second-order valence-electron chi connectivity index (χ2n) is 3.32. The number of carbonyl (C=O) groups is 1. The van der Waals surface area contributed by atoms with Gasteiger partial charge in [-0.15, -0.1) is 0 Å². The average molecular weight is 197 g/mol. The van der Waals surface area contributed by atoms with E-state index in [-0.39, 0.29) is 11.9 Å². The zero-order chi connectivity index (χ0) is 10.6. The summed E-state index contributed by atoms with van der Waals surface area (Å²) in [6, 6.07) is 0.0962. The van der Waals surface area contributed by atoms with E-state index in [0.29, 0.717) is 17.9 Å². The van der Waals surface area contributed by atoms with Crippen LogP contribution >= 0.6 is 0 Å². The molecule has 14 heavy (non-hydrogen) atoms. The number of nitrogens with two attached hydrogens (primary N) is 1. The molecular weight excluding hydrogens is 182 g/mol. The van der Waals surface area contributed by atoms with E-state index in [1.165, 1.54) is 6.20 Å². The molecule has 78 valence electrons. The van der Waals surface area contributed by atoms with Crippen molar-refractivity contribution < 1.29 is 9.32 Å². The fourth-order valence-corrected chi connectivity index (χ4v) is 1.03. The van der Waals surface area contributed by atoms with Crippen molar-refractivity contribution in [3.05, 3.63) is 17.5 Å². The molecule has 0 radical (unpaired) electrons. The van der Waals surface area contributed by atoms with E-state index in [1.807, 2.05) is 6.92 Å². The number of hydrogen-bond donors (Lipinski definition) is 2. The van der Waals surface area contributed by atoms with Crippen LogP contribution in [0.1, 0.15) is 29.5 Å². The fourth-order valence-electron chi connectivity index (χ4n) is 1.03. The highest BCUT2D eigenvalue weighted by Crippen LogP contribution is 2.04. The maximum atomic E-state index is 11.5. The molecule has 0 bridgehead atoms. The average Bonchev–Trinajstić information content (AvgIpc) is 2.50. The number of nitrogens with one attached hydrogen (secondary N) is 1. The first-order valence-electron chi connectivity index (χ1n) is 4.56. The van der Waals surface area contributed by atoms with Gasteiger partial charge < -0.3 is 15.6 Å². The first kappa shape index (κ1) is 10.7. The molecule has 0 aromatic carbocycles. The molecule has 1 amide bonds. The first-order valence-corrected chi connectivity index (χ1v) is 4.56. The number of hydrogen-bond acceptors (Lipinski definition) is 4. The van der Waals surface area contributed by atoms with Crippen molar-refractivity contribution in [1.82, 2.24) is 10.5 Å². The predicted octanol–water partition coefficient (Wildman–Crippen LogP) is 0.450. The minimum atomic E-state index is -0.163. The number of nitrogens with zero attached hydrogens (tertiary/aromatic N) is 1. The molecule has 1 atom stereocenters. The van der Waals surface area contributed by atoms with Gasteiger partial charge in [-0.2, -0.15) is 0 Å². The van der Waals surface area contributed by atoms with Crippen LogP contribution in [0.15, 0.2) is 10.7 Å². The van der Waals surface area contributed by atoms with Crippen LogP contribution in [0, 0.1) is 6.92 Å². The maximum absolute atomic E-state index is 11.5. The van der Waals surface area contributed by atoms with Gasteiger partial charge in [0.15, 0.2) is 0 Å². The van der Waals surface area contributed by atoms with Crippen molar-refractivity contribution >= 4 is 5.91 Å². The summed E-state index contributed by atoms with van der Waals surface area (Å²) in [7, 11) is 0. The van der Waals surface area contributed by atoms with Crippen LogP contribution in [-0.2, 0) is 0 Å². The van der Waals surface area contributed by atoms with Crippen molar-refractivity contribution in [3.63, 3.8) is 0 Å². The van der Waals surface area contributed by atoms with Gasteiger partial charge in [0.2, 0.25) is 0 Å². The fraction of sp³-hybridized carbons (Fsp3) is 0.556. The number of aromatic nitrogens is 1. The standard InChI is InChI=1S/C9H15N3O2/c1-6(10)3-4-11-9(13)8-5-12-14-7(8)2/h5-6H,3-4,10H2,1-2H3,(H,11,13). The molecule has 5 heteroatoms. The Hall–Kier alpha value is -1.36. The summed E-state index contributed by atoms with van der Waals surface area (Å²) in [5.74, 6) is 0.368. The third-order valence-electron chi connectivity index (χ3n) is 1.88. The highest BCUT2D eigenvalue weighted by atomic mass is 16.5. The summed E-state index contributed by atoms with van der Waals surface area (Å²) in [5.41, 5.74) is 6.03. The SMILES string of the molecule is Cc1oncc1C(=O)NCCC(C)N. The quantitative estimate of drug-likeness (QED) is 0.734. The summed E-state index contributed by atoms with van der Waals surface area (Å²) >= 11 is 0. The van der Waals surface area contributed by atoms with Gasteiger partial charge in [-0.1, -0.05) is 5.16 Å². The van der Waals surface area contributed by atoms with E-state index < -0.39 is 0 Å². The Morgan fingerprint density at radius 3 is 3.00 bits per heavy atom. The second kappa shape index (κ2) is 4.76. The summed E-state index contributed by atoms with van der Waals surface area (Å²) in [4.78, 5) is 11.5. The lowest BCUT2D eigenvalue weighted by Crippen LogP contribution is -2.29. The predicted molar refractivity (Wildman–Crippen MR) is 51.8 cm³/mol. The van der Waals surface area contributed by atoms with Gasteiger partial charge in [0.05, 0.1) is 6.20 Å². The van der Waals surface area contributed by atoms with Crippen molar-refractivity contribution in [3.8, 4) is 0 Å². The molecule has 3 N–H and O–H groups in total. The molecule has 0 aliphatic heterocycles. The third kappa shape index (κ3) is 2.85. The lowest BCUT2D eigenvalue weighted by molar-refractivity contribution is 0.0951. The summed E-state index contributed by atoms with van der Waals surface area (Å²) < 4.78 is 4.78. The molecule has 1 aromatic heterocycles. The minimum absolute atomic E-state index is 0.0962. The van der Waals surface area contributed by atoms with E-state index in [4.69, 9.17) is 10.3 Å². The van der Waals surface area contributed by atoms with Gasteiger partial charge in [0.1, 0.15) is 11.3 Å². The number of rotatable bonds is 4. The Kier molecular flexibility index (Phi) is 3.64.